The van der Waals surface area contributed by atoms with Crippen molar-refractivity contribution in [3.8, 4) is 17.2 Å². The predicted octanol–water partition coefficient (Wildman–Crippen LogP) is 5.61. The van der Waals surface area contributed by atoms with Gasteiger partial charge in [-0.2, -0.15) is 0 Å². The van der Waals surface area contributed by atoms with Gasteiger partial charge in [-0.25, -0.2) is 4.39 Å². The summed E-state index contributed by atoms with van der Waals surface area (Å²) >= 11 is 0. The number of methoxy groups -OCH3 is 1. The third-order valence-electron chi connectivity index (χ3n) is 6.30. The van der Waals surface area contributed by atoms with Crippen molar-refractivity contribution < 1.29 is 19.0 Å². The summed E-state index contributed by atoms with van der Waals surface area (Å²) in [7, 11) is 1.53. The van der Waals surface area contributed by atoms with Crippen molar-refractivity contribution in [1.82, 2.24) is 5.32 Å². The lowest BCUT2D eigenvalue weighted by molar-refractivity contribution is 0.337. The molecule has 0 spiro atoms. The van der Waals surface area contributed by atoms with Gasteiger partial charge in [0.05, 0.1) is 12.7 Å². The first-order chi connectivity index (χ1) is 15.3. The molecule has 5 heteroatoms. The zero-order valence-electron chi connectivity index (χ0n) is 18.6. The summed E-state index contributed by atoms with van der Waals surface area (Å²) in [5, 5.41) is 14.1. The molecule has 0 fully saturated rings. The summed E-state index contributed by atoms with van der Waals surface area (Å²) in [5.41, 5.74) is 4.10. The first-order valence-corrected chi connectivity index (χ1v) is 10.7. The molecule has 3 aliphatic rings. The maximum Gasteiger partial charge on any atom is 0.172 e. The fourth-order valence-electron chi connectivity index (χ4n) is 5.14. The first-order valence-electron chi connectivity index (χ1n) is 10.7. The second kappa shape index (κ2) is 7.38. The van der Waals surface area contributed by atoms with Crippen LogP contribution < -0.4 is 14.8 Å². The summed E-state index contributed by atoms with van der Waals surface area (Å²) in [6, 6.07) is 9.99. The molecular weight excluding hydrogens is 405 g/mol. The van der Waals surface area contributed by atoms with Crippen LogP contribution in [0.5, 0.6) is 17.2 Å². The second-order valence-electron chi connectivity index (χ2n) is 9.07. The first kappa shape index (κ1) is 20.6. The highest BCUT2D eigenvalue weighted by Crippen LogP contribution is 2.52. The van der Waals surface area contributed by atoms with Gasteiger partial charge in [-0.15, -0.1) is 0 Å². The number of hydrogen-bond acceptors (Lipinski definition) is 4. The summed E-state index contributed by atoms with van der Waals surface area (Å²) in [6.45, 7) is 6.42. The van der Waals surface area contributed by atoms with Crippen LogP contribution >= 0.6 is 0 Å². The van der Waals surface area contributed by atoms with Crippen molar-refractivity contribution in [2.24, 2.45) is 5.92 Å². The van der Waals surface area contributed by atoms with Gasteiger partial charge in [0.1, 0.15) is 17.3 Å². The minimum Gasteiger partial charge on any atom is -0.504 e. The molecule has 2 N–H and O–H groups in total. The molecule has 2 aliphatic heterocycles. The van der Waals surface area contributed by atoms with Crippen molar-refractivity contribution in [3.63, 3.8) is 0 Å². The van der Waals surface area contributed by atoms with E-state index in [0.29, 0.717) is 28.4 Å². The number of halogens is 1. The molecule has 2 heterocycles. The van der Waals surface area contributed by atoms with E-state index in [2.05, 4.69) is 44.3 Å². The maximum atomic E-state index is 14.5. The molecule has 2 aromatic carbocycles. The van der Waals surface area contributed by atoms with Crippen LogP contribution in [-0.4, -0.2) is 23.8 Å². The molecular formula is C27H26FNO3. The van der Waals surface area contributed by atoms with Gasteiger partial charge in [0.15, 0.2) is 11.5 Å². The number of nitrogens with one attached hydrogen (secondary N) is 1. The third kappa shape index (κ3) is 3.24. The number of rotatable bonds is 2. The van der Waals surface area contributed by atoms with Gasteiger partial charge in [0, 0.05) is 28.6 Å². The average Bonchev–Trinajstić information content (AvgIpc) is 2.74. The van der Waals surface area contributed by atoms with E-state index in [-0.39, 0.29) is 29.1 Å². The lowest BCUT2D eigenvalue weighted by Gasteiger charge is -2.44. The lowest BCUT2D eigenvalue weighted by atomic mass is 9.71. The van der Waals surface area contributed by atoms with E-state index in [9.17, 15) is 9.50 Å². The largest absolute Gasteiger partial charge is 0.504 e. The van der Waals surface area contributed by atoms with Crippen LogP contribution in [0.1, 0.15) is 31.9 Å². The molecule has 0 radical (unpaired) electrons. The van der Waals surface area contributed by atoms with Gasteiger partial charge in [-0.3, -0.25) is 0 Å². The molecule has 0 amide bonds. The van der Waals surface area contributed by atoms with Crippen molar-refractivity contribution in [2.75, 3.05) is 7.11 Å². The Morgan fingerprint density at radius 3 is 2.72 bits per heavy atom. The number of fused-ring (bicyclic) bond motifs is 4. The molecule has 164 valence electrons. The zero-order valence-corrected chi connectivity index (χ0v) is 18.6. The Morgan fingerprint density at radius 2 is 1.97 bits per heavy atom. The quantitative estimate of drug-likeness (QED) is 0.607. The molecule has 32 heavy (non-hydrogen) atoms. The van der Waals surface area contributed by atoms with Crippen molar-refractivity contribution in [3.05, 3.63) is 88.5 Å². The highest BCUT2D eigenvalue weighted by atomic mass is 19.1. The van der Waals surface area contributed by atoms with Gasteiger partial charge >= 0.3 is 0 Å². The van der Waals surface area contributed by atoms with E-state index in [4.69, 9.17) is 9.47 Å². The molecule has 4 nitrogen and oxygen atoms in total. The summed E-state index contributed by atoms with van der Waals surface area (Å²) in [4.78, 5) is 0. The predicted molar refractivity (Wildman–Crippen MR) is 124 cm³/mol. The standard InChI is InChI=1S/C27H26FNO3/c1-15-14-27(2,3)29-19-10-9-17-24(23(15)19)22(13-16-7-5-6-8-18(16)28)32-21-12-11-20(30)26(31-4)25(17)21/h5-14,19,23,29-30H,1-4H3/b22-13-. The van der Waals surface area contributed by atoms with Crippen molar-refractivity contribution in [1.29, 1.82) is 0 Å². The Hall–Kier alpha value is -3.31. The summed E-state index contributed by atoms with van der Waals surface area (Å²) in [5.74, 6) is 1.27. The fraction of sp³-hybridized carbons (Fsp3) is 0.259. The monoisotopic (exact) mass is 431 g/mol. The van der Waals surface area contributed by atoms with Gasteiger partial charge in [-0.05, 0) is 50.6 Å². The number of hydrogen-bond donors (Lipinski definition) is 2. The molecule has 2 unspecified atom stereocenters. The highest BCUT2D eigenvalue weighted by molar-refractivity contribution is 5.91. The number of allylic oxidation sites excluding steroid dienone is 3. The molecule has 2 aromatic rings. The SMILES string of the molecule is COc1c(O)ccc2c1C1=C(/C(=C/c3ccccc3F)O2)C2C(C)=CC(C)(C)NC2C=C1. The van der Waals surface area contributed by atoms with Crippen LogP contribution in [0.2, 0.25) is 0 Å². The van der Waals surface area contributed by atoms with Crippen LogP contribution in [0.25, 0.3) is 11.6 Å². The van der Waals surface area contributed by atoms with Crippen LogP contribution in [-0.2, 0) is 0 Å². The van der Waals surface area contributed by atoms with E-state index in [1.165, 1.54) is 18.7 Å². The van der Waals surface area contributed by atoms with Crippen molar-refractivity contribution >= 4 is 11.6 Å². The van der Waals surface area contributed by atoms with Gasteiger partial charge in [-0.1, -0.05) is 42.0 Å². The Labute approximate surface area is 187 Å². The number of phenols is 1. The Bertz CT molecular complexity index is 1240. The third-order valence-corrected chi connectivity index (χ3v) is 6.30. The van der Waals surface area contributed by atoms with E-state index in [1.807, 2.05) is 6.07 Å². The molecule has 0 aromatic heterocycles. The van der Waals surface area contributed by atoms with Gasteiger partial charge in [0.25, 0.3) is 0 Å². The van der Waals surface area contributed by atoms with Gasteiger partial charge in [0.2, 0.25) is 0 Å². The summed E-state index contributed by atoms with van der Waals surface area (Å²) < 4.78 is 26.5. The van der Waals surface area contributed by atoms with E-state index < -0.39 is 0 Å². The summed E-state index contributed by atoms with van der Waals surface area (Å²) in [6.07, 6.45) is 8.20. The smallest absolute Gasteiger partial charge is 0.172 e. The number of phenolic OH excluding ortho intramolecular Hbond substituents is 1. The fourth-order valence-corrected chi connectivity index (χ4v) is 5.14. The molecule has 0 saturated heterocycles. The van der Waals surface area contributed by atoms with E-state index >= 15 is 0 Å². The topological polar surface area (TPSA) is 50.7 Å². The van der Waals surface area contributed by atoms with Crippen LogP contribution in [0.4, 0.5) is 4.39 Å². The minimum atomic E-state index is -0.307. The maximum absolute atomic E-state index is 14.5. The van der Waals surface area contributed by atoms with Crippen LogP contribution in [0, 0.1) is 11.7 Å². The number of aromatic hydroxyl groups is 1. The number of ether oxygens (including phenoxy) is 2. The van der Waals surface area contributed by atoms with E-state index in [1.54, 1.807) is 30.3 Å². The van der Waals surface area contributed by atoms with E-state index in [0.717, 1.165) is 11.1 Å². The lowest BCUT2D eigenvalue weighted by Crippen LogP contribution is -2.52. The molecule has 0 bridgehead atoms. The van der Waals surface area contributed by atoms with Crippen molar-refractivity contribution in [2.45, 2.75) is 32.4 Å². The Kier molecular flexibility index (Phi) is 4.75. The normalized spacial score (nSPS) is 24.3. The second-order valence-corrected chi connectivity index (χ2v) is 9.07. The van der Waals surface area contributed by atoms with Gasteiger partial charge < -0.3 is 19.9 Å². The number of benzene rings is 2. The minimum absolute atomic E-state index is 0.00116. The van der Waals surface area contributed by atoms with Crippen LogP contribution in [0.3, 0.4) is 0 Å². The Morgan fingerprint density at radius 1 is 1.19 bits per heavy atom. The molecule has 0 saturated carbocycles. The zero-order chi connectivity index (χ0) is 22.6. The average molecular weight is 432 g/mol. The molecule has 5 rings (SSSR count). The molecule has 1 aliphatic carbocycles. The highest BCUT2D eigenvalue weighted by Gasteiger charge is 2.42. The molecule has 2 atom stereocenters. The Balaban J connectivity index is 1.79. The van der Waals surface area contributed by atoms with Crippen LogP contribution in [0.15, 0.2) is 71.5 Å².